The smallest absolute Gasteiger partial charge is 0.327 e. The van der Waals surface area contributed by atoms with Crippen molar-refractivity contribution in [1.29, 1.82) is 0 Å². The minimum Gasteiger partial charge on any atom is -0.468 e. The third kappa shape index (κ3) is 3.42. The SMILES string of the molecule is COC(=O)Cn1ncc2c(N[C@@H](c3nc(C)no3)C(C)C)ncnc21. The summed E-state index contributed by atoms with van der Waals surface area (Å²) in [7, 11) is 1.33. The number of esters is 1. The molecular weight excluding hydrogens is 326 g/mol. The Balaban J connectivity index is 1.94. The number of hydrogen-bond donors (Lipinski definition) is 1. The minimum absolute atomic E-state index is 0.0209. The van der Waals surface area contributed by atoms with Crippen molar-refractivity contribution < 1.29 is 14.1 Å². The number of nitrogens with one attached hydrogen (secondary N) is 1. The van der Waals surface area contributed by atoms with Crippen molar-refractivity contribution >= 4 is 22.8 Å². The van der Waals surface area contributed by atoms with E-state index in [1.54, 1.807) is 13.1 Å². The number of anilines is 1. The number of aryl methyl sites for hydroxylation is 1. The molecule has 0 radical (unpaired) electrons. The molecule has 0 aliphatic carbocycles. The number of carbonyl (C=O) groups excluding carboxylic acids is 1. The topological polar surface area (TPSA) is 121 Å². The number of nitrogens with zero attached hydrogens (tertiary/aromatic N) is 6. The van der Waals surface area contributed by atoms with Crippen LogP contribution in [0.5, 0.6) is 0 Å². The Morgan fingerprint density at radius 1 is 1.40 bits per heavy atom. The Labute approximate surface area is 143 Å². The lowest BCUT2D eigenvalue weighted by atomic mass is 10.0. The van der Waals surface area contributed by atoms with Gasteiger partial charge >= 0.3 is 5.97 Å². The van der Waals surface area contributed by atoms with Gasteiger partial charge in [0.2, 0.25) is 5.89 Å². The minimum atomic E-state index is -0.403. The van der Waals surface area contributed by atoms with E-state index in [1.807, 2.05) is 13.8 Å². The first-order valence-corrected chi connectivity index (χ1v) is 7.79. The van der Waals surface area contributed by atoms with Gasteiger partial charge in [-0.25, -0.2) is 14.6 Å². The molecule has 0 fully saturated rings. The monoisotopic (exact) mass is 345 g/mol. The summed E-state index contributed by atoms with van der Waals surface area (Å²) in [5, 5.41) is 12.0. The zero-order valence-corrected chi connectivity index (χ0v) is 14.4. The van der Waals surface area contributed by atoms with Gasteiger partial charge in [-0.15, -0.1) is 0 Å². The quantitative estimate of drug-likeness (QED) is 0.662. The summed E-state index contributed by atoms with van der Waals surface area (Å²) in [6.07, 6.45) is 3.02. The number of ether oxygens (including phenoxy) is 1. The van der Waals surface area contributed by atoms with Crippen molar-refractivity contribution in [3.63, 3.8) is 0 Å². The fraction of sp³-hybridized carbons (Fsp3) is 0.467. The average molecular weight is 345 g/mol. The molecule has 0 saturated heterocycles. The first-order chi connectivity index (χ1) is 12.0. The lowest BCUT2D eigenvalue weighted by Crippen LogP contribution is -2.18. The van der Waals surface area contributed by atoms with Crippen LogP contribution in [0.25, 0.3) is 11.0 Å². The van der Waals surface area contributed by atoms with Crippen LogP contribution in [0.2, 0.25) is 0 Å². The highest BCUT2D eigenvalue weighted by Crippen LogP contribution is 2.27. The summed E-state index contributed by atoms with van der Waals surface area (Å²) in [6, 6.07) is -0.219. The number of carbonyl (C=O) groups is 1. The molecule has 3 rings (SSSR count). The van der Waals surface area contributed by atoms with E-state index in [2.05, 4.69) is 35.3 Å². The lowest BCUT2D eigenvalue weighted by Gasteiger charge is -2.19. The number of rotatable bonds is 6. The molecule has 0 unspecified atom stereocenters. The maximum atomic E-state index is 11.5. The van der Waals surface area contributed by atoms with E-state index in [4.69, 9.17) is 4.52 Å². The van der Waals surface area contributed by atoms with Crippen molar-refractivity contribution in [2.45, 2.75) is 33.4 Å². The molecule has 3 aromatic rings. The molecule has 25 heavy (non-hydrogen) atoms. The highest BCUT2D eigenvalue weighted by Gasteiger charge is 2.24. The van der Waals surface area contributed by atoms with Gasteiger partial charge < -0.3 is 14.6 Å². The second kappa shape index (κ2) is 6.83. The first-order valence-electron chi connectivity index (χ1n) is 7.79. The largest absolute Gasteiger partial charge is 0.468 e. The van der Waals surface area contributed by atoms with Gasteiger partial charge in [-0.1, -0.05) is 19.0 Å². The van der Waals surface area contributed by atoms with Crippen LogP contribution in [0.1, 0.15) is 31.6 Å². The number of fused-ring (bicyclic) bond motifs is 1. The van der Waals surface area contributed by atoms with Gasteiger partial charge in [0.05, 0.1) is 18.7 Å². The third-order valence-corrected chi connectivity index (χ3v) is 3.71. The average Bonchev–Trinajstić information content (AvgIpc) is 3.19. The number of aromatic nitrogens is 6. The van der Waals surface area contributed by atoms with Crippen LogP contribution in [-0.2, 0) is 16.1 Å². The molecule has 0 bridgehead atoms. The zero-order chi connectivity index (χ0) is 18.0. The predicted octanol–water partition coefficient (Wildman–Crippen LogP) is 1.50. The summed E-state index contributed by atoms with van der Waals surface area (Å²) in [4.78, 5) is 24.3. The van der Waals surface area contributed by atoms with Crippen molar-refractivity contribution in [2.24, 2.45) is 5.92 Å². The molecule has 0 saturated carbocycles. The van der Waals surface area contributed by atoms with Crippen LogP contribution < -0.4 is 5.32 Å². The van der Waals surface area contributed by atoms with Crippen molar-refractivity contribution in [3.05, 3.63) is 24.2 Å². The van der Waals surface area contributed by atoms with E-state index >= 15 is 0 Å². The summed E-state index contributed by atoms with van der Waals surface area (Å²) in [5.74, 6) is 1.41. The Bertz CT molecular complexity index is 886. The van der Waals surface area contributed by atoms with Crippen molar-refractivity contribution in [1.82, 2.24) is 29.9 Å². The van der Waals surface area contributed by atoms with Crippen LogP contribution in [0, 0.1) is 12.8 Å². The highest BCUT2D eigenvalue weighted by molar-refractivity contribution is 5.87. The predicted molar refractivity (Wildman–Crippen MR) is 87.6 cm³/mol. The van der Waals surface area contributed by atoms with Gasteiger partial charge in [0.1, 0.15) is 24.7 Å². The van der Waals surface area contributed by atoms with E-state index in [0.717, 1.165) is 0 Å². The number of methoxy groups -OCH3 is 1. The molecule has 3 aromatic heterocycles. The second-order valence-corrected chi connectivity index (χ2v) is 5.88. The Morgan fingerprint density at radius 2 is 2.20 bits per heavy atom. The van der Waals surface area contributed by atoms with Crippen LogP contribution in [0.3, 0.4) is 0 Å². The second-order valence-electron chi connectivity index (χ2n) is 5.88. The molecular formula is C15H19N7O3. The molecule has 10 nitrogen and oxygen atoms in total. The molecule has 0 aliphatic rings. The standard InChI is InChI=1S/C15H19N7O3/c1-8(2)12(15-19-9(3)21-25-15)20-13-10-5-18-22(6-11(23)24-4)14(10)17-7-16-13/h5,7-8,12H,6H2,1-4H3,(H,16,17,20)/t12-/m1/s1. The molecule has 10 heteroatoms. The fourth-order valence-corrected chi connectivity index (χ4v) is 2.41. The molecule has 1 atom stereocenters. The van der Waals surface area contributed by atoms with E-state index in [-0.39, 0.29) is 18.5 Å². The molecule has 0 amide bonds. The molecule has 3 heterocycles. The van der Waals surface area contributed by atoms with E-state index in [0.29, 0.717) is 28.6 Å². The van der Waals surface area contributed by atoms with E-state index in [9.17, 15) is 4.79 Å². The molecule has 0 aromatic carbocycles. The summed E-state index contributed by atoms with van der Waals surface area (Å²) >= 11 is 0. The van der Waals surface area contributed by atoms with Gasteiger partial charge in [-0.2, -0.15) is 10.1 Å². The third-order valence-electron chi connectivity index (χ3n) is 3.71. The normalized spacial score (nSPS) is 12.5. The van der Waals surface area contributed by atoms with Crippen molar-refractivity contribution in [2.75, 3.05) is 12.4 Å². The van der Waals surface area contributed by atoms with Crippen LogP contribution in [-0.4, -0.2) is 43.0 Å². The summed E-state index contributed by atoms with van der Waals surface area (Å²) in [5.41, 5.74) is 0.534. The van der Waals surface area contributed by atoms with Gasteiger partial charge in [0.25, 0.3) is 0 Å². The maximum absolute atomic E-state index is 11.5. The van der Waals surface area contributed by atoms with Gasteiger partial charge in [0, 0.05) is 0 Å². The summed E-state index contributed by atoms with van der Waals surface area (Å²) in [6.45, 7) is 5.82. The Kier molecular flexibility index (Phi) is 4.59. The van der Waals surface area contributed by atoms with Gasteiger partial charge in [-0.05, 0) is 12.8 Å². The van der Waals surface area contributed by atoms with E-state index in [1.165, 1.54) is 18.1 Å². The van der Waals surface area contributed by atoms with Crippen LogP contribution in [0.4, 0.5) is 5.82 Å². The lowest BCUT2D eigenvalue weighted by molar-refractivity contribution is -0.141. The molecule has 1 N–H and O–H groups in total. The molecule has 0 spiro atoms. The maximum Gasteiger partial charge on any atom is 0.327 e. The highest BCUT2D eigenvalue weighted by atomic mass is 16.5. The zero-order valence-electron chi connectivity index (χ0n) is 14.4. The van der Waals surface area contributed by atoms with Crippen molar-refractivity contribution in [3.8, 4) is 0 Å². The number of hydrogen-bond acceptors (Lipinski definition) is 9. The van der Waals surface area contributed by atoms with Gasteiger partial charge in [0.15, 0.2) is 11.5 Å². The van der Waals surface area contributed by atoms with E-state index < -0.39 is 5.97 Å². The molecule has 0 aliphatic heterocycles. The van der Waals surface area contributed by atoms with Crippen LogP contribution in [0.15, 0.2) is 17.0 Å². The Hall–Kier alpha value is -3.04. The molecule has 132 valence electrons. The first kappa shape index (κ1) is 16.8. The summed E-state index contributed by atoms with van der Waals surface area (Å²) < 4.78 is 11.4. The van der Waals surface area contributed by atoms with Crippen LogP contribution >= 0.6 is 0 Å². The Morgan fingerprint density at radius 3 is 2.84 bits per heavy atom. The van der Waals surface area contributed by atoms with Gasteiger partial charge in [-0.3, -0.25) is 4.79 Å². The fourth-order valence-electron chi connectivity index (χ4n) is 2.41.